The van der Waals surface area contributed by atoms with E-state index in [1.807, 2.05) is 0 Å². The van der Waals surface area contributed by atoms with Gasteiger partial charge in [-0.3, -0.25) is 0 Å². The Bertz CT molecular complexity index is 626. The SMILES string of the molecule is Cc1cc(C)c(-c2cccc3c2CCNC3)cc1C. The highest BCUT2D eigenvalue weighted by Gasteiger charge is 2.15. The lowest BCUT2D eigenvalue weighted by Crippen LogP contribution is -2.24. The van der Waals surface area contributed by atoms with Crippen LogP contribution in [0.3, 0.4) is 0 Å². The Balaban J connectivity index is 2.20. The molecule has 0 radical (unpaired) electrons. The molecular weight excluding hydrogens is 230 g/mol. The van der Waals surface area contributed by atoms with Crippen molar-refractivity contribution in [2.24, 2.45) is 0 Å². The third-order valence-electron chi connectivity index (χ3n) is 4.27. The number of hydrogen-bond donors (Lipinski definition) is 1. The average Bonchev–Trinajstić information content (AvgIpc) is 2.42. The Hall–Kier alpha value is -1.60. The highest BCUT2D eigenvalue weighted by Crippen LogP contribution is 2.32. The van der Waals surface area contributed by atoms with Gasteiger partial charge in [-0.25, -0.2) is 0 Å². The quantitative estimate of drug-likeness (QED) is 0.810. The van der Waals surface area contributed by atoms with E-state index in [1.54, 1.807) is 0 Å². The predicted octanol–water partition coefficient (Wildman–Crippen LogP) is 3.92. The van der Waals surface area contributed by atoms with E-state index in [0.29, 0.717) is 0 Å². The van der Waals surface area contributed by atoms with Crippen molar-refractivity contribution in [2.75, 3.05) is 6.54 Å². The van der Waals surface area contributed by atoms with Crippen LogP contribution in [-0.4, -0.2) is 6.54 Å². The maximum atomic E-state index is 3.45. The molecule has 0 spiro atoms. The van der Waals surface area contributed by atoms with Gasteiger partial charge in [0.05, 0.1) is 0 Å². The molecule has 2 aromatic carbocycles. The first kappa shape index (κ1) is 12.4. The summed E-state index contributed by atoms with van der Waals surface area (Å²) in [5, 5.41) is 3.45. The van der Waals surface area contributed by atoms with E-state index in [9.17, 15) is 0 Å². The maximum Gasteiger partial charge on any atom is 0.0208 e. The summed E-state index contributed by atoms with van der Waals surface area (Å²) in [6, 6.07) is 11.4. The summed E-state index contributed by atoms with van der Waals surface area (Å²) in [6.07, 6.45) is 1.14. The molecule has 98 valence electrons. The van der Waals surface area contributed by atoms with Crippen LogP contribution in [0.25, 0.3) is 11.1 Å². The number of rotatable bonds is 1. The van der Waals surface area contributed by atoms with Gasteiger partial charge in [0, 0.05) is 6.54 Å². The van der Waals surface area contributed by atoms with Crippen molar-refractivity contribution in [2.45, 2.75) is 33.7 Å². The largest absolute Gasteiger partial charge is 0.312 e. The van der Waals surface area contributed by atoms with Crippen LogP contribution in [0.15, 0.2) is 30.3 Å². The second-order valence-electron chi connectivity index (χ2n) is 5.62. The third kappa shape index (κ3) is 2.19. The van der Waals surface area contributed by atoms with Crippen LogP contribution in [0.4, 0.5) is 0 Å². The van der Waals surface area contributed by atoms with Crippen molar-refractivity contribution in [3.05, 3.63) is 58.1 Å². The van der Waals surface area contributed by atoms with E-state index in [1.165, 1.54) is 38.9 Å². The second kappa shape index (κ2) is 4.82. The molecule has 3 rings (SSSR count). The van der Waals surface area contributed by atoms with E-state index in [0.717, 1.165) is 19.5 Å². The topological polar surface area (TPSA) is 12.0 Å². The van der Waals surface area contributed by atoms with E-state index in [4.69, 9.17) is 0 Å². The van der Waals surface area contributed by atoms with Gasteiger partial charge in [0.15, 0.2) is 0 Å². The lowest BCUT2D eigenvalue weighted by molar-refractivity contribution is 0.645. The van der Waals surface area contributed by atoms with E-state index >= 15 is 0 Å². The molecule has 2 aromatic rings. The fraction of sp³-hybridized carbons (Fsp3) is 0.333. The van der Waals surface area contributed by atoms with Gasteiger partial charge >= 0.3 is 0 Å². The molecule has 0 bridgehead atoms. The zero-order valence-corrected chi connectivity index (χ0v) is 12.0. The third-order valence-corrected chi connectivity index (χ3v) is 4.27. The fourth-order valence-electron chi connectivity index (χ4n) is 3.03. The Morgan fingerprint density at radius 3 is 2.53 bits per heavy atom. The van der Waals surface area contributed by atoms with Gasteiger partial charge in [-0.2, -0.15) is 0 Å². The average molecular weight is 251 g/mol. The van der Waals surface area contributed by atoms with Crippen LogP contribution in [0.5, 0.6) is 0 Å². The van der Waals surface area contributed by atoms with Gasteiger partial charge in [0.25, 0.3) is 0 Å². The van der Waals surface area contributed by atoms with Crippen molar-refractivity contribution in [1.82, 2.24) is 5.32 Å². The Kier molecular flexibility index (Phi) is 3.16. The van der Waals surface area contributed by atoms with Gasteiger partial charge < -0.3 is 5.32 Å². The molecule has 19 heavy (non-hydrogen) atoms. The zero-order valence-electron chi connectivity index (χ0n) is 12.0. The summed E-state index contributed by atoms with van der Waals surface area (Å²) in [7, 11) is 0. The summed E-state index contributed by atoms with van der Waals surface area (Å²) in [4.78, 5) is 0. The van der Waals surface area contributed by atoms with Crippen LogP contribution in [0.1, 0.15) is 27.8 Å². The number of fused-ring (bicyclic) bond motifs is 1. The molecular formula is C18H21N. The van der Waals surface area contributed by atoms with E-state index in [-0.39, 0.29) is 0 Å². The smallest absolute Gasteiger partial charge is 0.0208 e. The van der Waals surface area contributed by atoms with Crippen LogP contribution in [0.2, 0.25) is 0 Å². The summed E-state index contributed by atoms with van der Waals surface area (Å²) in [5.41, 5.74) is 9.98. The molecule has 0 unspecified atom stereocenters. The van der Waals surface area contributed by atoms with Gasteiger partial charge in [0.2, 0.25) is 0 Å². The second-order valence-corrected chi connectivity index (χ2v) is 5.62. The molecule has 0 amide bonds. The molecule has 0 fully saturated rings. The standard InChI is InChI=1S/C18H21N/c1-12-9-14(3)18(10-13(12)2)17-6-4-5-15-11-19-8-7-16(15)17/h4-6,9-10,19H,7-8,11H2,1-3H3. The maximum absolute atomic E-state index is 3.45. The molecule has 0 atom stereocenters. The zero-order chi connectivity index (χ0) is 13.4. The number of nitrogens with one attached hydrogen (secondary N) is 1. The first-order valence-electron chi connectivity index (χ1n) is 7.06. The van der Waals surface area contributed by atoms with Crippen LogP contribution >= 0.6 is 0 Å². The molecule has 1 nitrogen and oxygen atoms in total. The Morgan fingerprint density at radius 2 is 1.68 bits per heavy atom. The minimum absolute atomic E-state index is 1.01. The van der Waals surface area contributed by atoms with Crippen molar-refractivity contribution in [3.8, 4) is 11.1 Å². The fourth-order valence-corrected chi connectivity index (χ4v) is 3.03. The van der Waals surface area contributed by atoms with Gasteiger partial charge in [0.1, 0.15) is 0 Å². The summed E-state index contributed by atoms with van der Waals surface area (Å²) >= 11 is 0. The lowest BCUT2D eigenvalue weighted by Gasteiger charge is -2.22. The Morgan fingerprint density at radius 1 is 0.895 bits per heavy atom. The minimum Gasteiger partial charge on any atom is -0.312 e. The van der Waals surface area contributed by atoms with Gasteiger partial charge in [-0.15, -0.1) is 0 Å². The summed E-state index contributed by atoms with van der Waals surface area (Å²) in [5.74, 6) is 0. The number of benzene rings is 2. The molecule has 1 heterocycles. The van der Waals surface area contributed by atoms with E-state index < -0.39 is 0 Å². The van der Waals surface area contributed by atoms with Gasteiger partial charge in [-0.1, -0.05) is 30.3 Å². The first-order chi connectivity index (χ1) is 9.16. The van der Waals surface area contributed by atoms with Crippen molar-refractivity contribution >= 4 is 0 Å². The van der Waals surface area contributed by atoms with E-state index in [2.05, 4.69) is 56.4 Å². The van der Waals surface area contributed by atoms with Crippen LogP contribution in [-0.2, 0) is 13.0 Å². The van der Waals surface area contributed by atoms with Crippen LogP contribution in [0, 0.1) is 20.8 Å². The molecule has 1 aliphatic rings. The normalized spacial score (nSPS) is 14.3. The molecule has 0 aliphatic carbocycles. The predicted molar refractivity (Wildman–Crippen MR) is 81.5 cm³/mol. The van der Waals surface area contributed by atoms with Crippen molar-refractivity contribution in [3.63, 3.8) is 0 Å². The van der Waals surface area contributed by atoms with Crippen molar-refractivity contribution < 1.29 is 0 Å². The summed E-state index contributed by atoms with van der Waals surface area (Å²) < 4.78 is 0. The molecule has 1 heteroatoms. The van der Waals surface area contributed by atoms with Gasteiger partial charge in [-0.05, 0) is 72.7 Å². The molecule has 0 saturated heterocycles. The number of aryl methyl sites for hydroxylation is 3. The lowest BCUT2D eigenvalue weighted by atomic mass is 9.88. The molecule has 1 aliphatic heterocycles. The molecule has 1 N–H and O–H groups in total. The minimum atomic E-state index is 1.01. The van der Waals surface area contributed by atoms with Crippen LogP contribution < -0.4 is 5.32 Å². The first-order valence-corrected chi connectivity index (χ1v) is 7.06. The number of hydrogen-bond acceptors (Lipinski definition) is 1. The highest BCUT2D eigenvalue weighted by atomic mass is 14.9. The van der Waals surface area contributed by atoms with Crippen molar-refractivity contribution in [1.29, 1.82) is 0 Å². The molecule has 0 aromatic heterocycles. The summed E-state index contributed by atoms with van der Waals surface area (Å²) in [6.45, 7) is 8.72. The highest BCUT2D eigenvalue weighted by molar-refractivity contribution is 5.73. The monoisotopic (exact) mass is 251 g/mol. The Labute approximate surface area is 115 Å². The molecule has 0 saturated carbocycles.